The molecule has 2 aromatic carbocycles. The van der Waals surface area contributed by atoms with Gasteiger partial charge in [-0.2, -0.15) is 0 Å². The van der Waals surface area contributed by atoms with Crippen molar-refractivity contribution in [3.8, 4) is 11.1 Å². The van der Waals surface area contributed by atoms with E-state index in [2.05, 4.69) is 0 Å². The van der Waals surface area contributed by atoms with Crippen LogP contribution in [0.2, 0.25) is 0 Å². The summed E-state index contributed by atoms with van der Waals surface area (Å²) >= 11 is 0. The fraction of sp³-hybridized carbons (Fsp3) is 0.296. The molecule has 1 fully saturated rings. The summed E-state index contributed by atoms with van der Waals surface area (Å²) in [5.41, 5.74) is 4.62. The zero-order valence-electron chi connectivity index (χ0n) is 19.1. The number of aliphatic carboxylic acids is 1. The molecular weight excluding hydrogens is 434 g/mol. The second-order valence-corrected chi connectivity index (χ2v) is 9.00. The molecule has 0 aliphatic carbocycles. The van der Waals surface area contributed by atoms with Crippen LogP contribution in [0.5, 0.6) is 0 Å². The Kier molecular flexibility index (Phi) is 5.48. The van der Waals surface area contributed by atoms with E-state index in [1.807, 2.05) is 44.2 Å². The Morgan fingerprint density at radius 3 is 2.41 bits per heavy atom. The standard InChI is InChI=1S/C27H25NO6/c1-15-3-5-17(6-4-15)22-14-33-23-13-24-19(11-21(22)23)16(2)20(27(32)34-24)12-25(29)28-9-7-18(8-10-28)26(30)31/h3-6,11,13-14,18H,7-10,12H2,1-2H3,(H,30,31)/p-1. The van der Waals surface area contributed by atoms with Crippen LogP contribution in [0.1, 0.15) is 29.5 Å². The third kappa shape index (κ3) is 3.87. The van der Waals surface area contributed by atoms with Crippen molar-refractivity contribution in [1.82, 2.24) is 4.90 Å². The highest BCUT2D eigenvalue weighted by Gasteiger charge is 2.25. The number of nitrogens with zero attached hydrogens (tertiary/aromatic N) is 1. The first-order valence-corrected chi connectivity index (χ1v) is 11.3. The van der Waals surface area contributed by atoms with Gasteiger partial charge in [0.25, 0.3) is 0 Å². The Labute approximate surface area is 195 Å². The number of hydrogen-bond acceptors (Lipinski definition) is 6. The van der Waals surface area contributed by atoms with Crippen molar-refractivity contribution in [1.29, 1.82) is 0 Å². The maximum Gasteiger partial charge on any atom is 0.340 e. The van der Waals surface area contributed by atoms with Crippen LogP contribution in [0.3, 0.4) is 0 Å². The van der Waals surface area contributed by atoms with Gasteiger partial charge in [-0.05, 0) is 43.9 Å². The smallest absolute Gasteiger partial charge is 0.340 e. The molecule has 1 aliphatic heterocycles. The van der Waals surface area contributed by atoms with Crippen LogP contribution >= 0.6 is 0 Å². The molecule has 0 unspecified atom stereocenters. The molecule has 0 saturated carbocycles. The predicted molar refractivity (Wildman–Crippen MR) is 125 cm³/mol. The van der Waals surface area contributed by atoms with Gasteiger partial charge >= 0.3 is 5.63 Å². The third-order valence-corrected chi connectivity index (χ3v) is 6.85. The number of carbonyl (C=O) groups is 2. The van der Waals surface area contributed by atoms with Crippen LogP contribution in [0.4, 0.5) is 0 Å². The Morgan fingerprint density at radius 2 is 1.74 bits per heavy atom. The fourth-order valence-electron chi connectivity index (χ4n) is 4.70. The van der Waals surface area contributed by atoms with E-state index in [-0.39, 0.29) is 12.3 Å². The van der Waals surface area contributed by atoms with E-state index in [1.54, 1.807) is 17.2 Å². The average molecular weight is 458 g/mol. The van der Waals surface area contributed by atoms with E-state index in [9.17, 15) is 19.5 Å². The lowest BCUT2D eigenvalue weighted by molar-refractivity contribution is -0.312. The average Bonchev–Trinajstić information content (AvgIpc) is 3.24. The topological polar surface area (TPSA) is 104 Å². The number of carboxylic acid groups (broad SMARTS) is 1. The van der Waals surface area contributed by atoms with Gasteiger partial charge in [-0.15, -0.1) is 0 Å². The largest absolute Gasteiger partial charge is 0.550 e. The van der Waals surface area contributed by atoms with Gasteiger partial charge in [-0.25, -0.2) is 4.79 Å². The Hall–Kier alpha value is -3.87. The second-order valence-electron chi connectivity index (χ2n) is 9.00. The van der Waals surface area contributed by atoms with Gasteiger partial charge in [0.05, 0.1) is 18.2 Å². The minimum absolute atomic E-state index is 0.0890. The van der Waals surface area contributed by atoms with Crippen molar-refractivity contribution in [3.05, 3.63) is 69.8 Å². The van der Waals surface area contributed by atoms with Crippen molar-refractivity contribution >= 4 is 33.8 Å². The number of carbonyl (C=O) groups excluding carboxylic acids is 2. The van der Waals surface area contributed by atoms with Gasteiger partial charge < -0.3 is 23.6 Å². The van der Waals surface area contributed by atoms with Gasteiger partial charge in [0.1, 0.15) is 11.2 Å². The Morgan fingerprint density at radius 1 is 1.03 bits per heavy atom. The summed E-state index contributed by atoms with van der Waals surface area (Å²) in [6.45, 7) is 4.53. The summed E-state index contributed by atoms with van der Waals surface area (Å²) in [5, 5.41) is 12.7. The van der Waals surface area contributed by atoms with Crippen LogP contribution in [0.25, 0.3) is 33.1 Å². The molecule has 7 nitrogen and oxygen atoms in total. The fourth-order valence-corrected chi connectivity index (χ4v) is 4.70. The van der Waals surface area contributed by atoms with Crippen molar-refractivity contribution < 1.29 is 23.5 Å². The number of carboxylic acids is 1. The van der Waals surface area contributed by atoms with Crippen LogP contribution in [0, 0.1) is 19.8 Å². The first-order valence-electron chi connectivity index (χ1n) is 11.3. The number of piperidine rings is 1. The highest BCUT2D eigenvalue weighted by atomic mass is 16.4. The number of aryl methyl sites for hydroxylation is 2. The molecule has 1 amide bonds. The lowest BCUT2D eigenvalue weighted by Crippen LogP contribution is -2.44. The number of hydrogen-bond donors (Lipinski definition) is 0. The van der Waals surface area contributed by atoms with Crippen LogP contribution in [0.15, 0.2) is 56.3 Å². The Balaban J connectivity index is 1.49. The predicted octanol–water partition coefficient (Wildman–Crippen LogP) is 3.35. The second kappa shape index (κ2) is 8.48. The number of benzene rings is 2. The highest BCUT2D eigenvalue weighted by Crippen LogP contribution is 2.34. The van der Waals surface area contributed by atoms with Crippen LogP contribution in [-0.4, -0.2) is 29.9 Å². The zero-order valence-corrected chi connectivity index (χ0v) is 19.1. The molecule has 4 aromatic rings. The first-order chi connectivity index (χ1) is 16.3. The molecule has 1 saturated heterocycles. The van der Waals surface area contributed by atoms with Crippen molar-refractivity contribution in [2.24, 2.45) is 5.92 Å². The highest BCUT2D eigenvalue weighted by molar-refractivity contribution is 6.02. The molecule has 0 spiro atoms. The SMILES string of the molecule is Cc1ccc(-c2coc3cc4oc(=O)c(CC(=O)N5CCC(C(=O)[O-])CC5)c(C)c4cc23)cc1. The summed E-state index contributed by atoms with van der Waals surface area (Å²) in [7, 11) is 0. The molecule has 0 radical (unpaired) electrons. The molecule has 0 bridgehead atoms. The zero-order chi connectivity index (χ0) is 24.0. The van der Waals surface area contributed by atoms with Gasteiger partial charge in [-0.3, -0.25) is 4.79 Å². The van der Waals surface area contributed by atoms with E-state index in [0.717, 1.165) is 27.5 Å². The molecule has 2 aromatic heterocycles. The van der Waals surface area contributed by atoms with Crippen molar-refractivity contribution in [3.63, 3.8) is 0 Å². The maximum atomic E-state index is 12.9. The number of likely N-dealkylation sites (tertiary alicyclic amines) is 1. The first kappa shape index (κ1) is 21.9. The van der Waals surface area contributed by atoms with Gasteiger partial charge in [-0.1, -0.05) is 29.8 Å². The molecule has 174 valence electrons. The van der Waals surface area contributed by atoms with Crippen LogP contribution in [-0.2, 0) is 16.0 Å². The molecule has 5 rings (SSSR count). The summed E-state index contributed by atoms with van der Waals surface area (Å²) in [6.07, 6.45) is 2.33. The molecule has 7 heteroatoms. The number of fused-ring (bicyclic) bond motifs is 2. The van der Waals surface area contributed by atoms with E-state index < -0.39 is 17.5 Å². The summed E-state index contributed by atoms with van der Waals surface area (Å²) in [4.78, 5) is 38.3. The molecule has 34 heavy (non-hydrogen) atoms. The van der Waals surface area contributed by atoms with E-state index in [4.69, 9.17) is 8.83 Å². The summed E-state index contributed by atoms with van der Waals surface area (Å²) in [5.74, 6) is -1.82. The lowest BCUT2D eigenvalue weighted by atomic mass is 9.96. The maximum absolute atomic E-state index is 12.9. The van der Waals surface area contributed by atoms with Crippen molar-refractivity contribution in [2.45, 2.75) is 33.1 Å². The molecular formula is C27H24NO6-. The molecule has 0 N–H and O–H groups in total. The molecule has 1 aliphatic rings. The molecule has 3 heterocycles. The third-order valence-electron chi connectivity index (χ3n) is 6.85. The number of furan rings is 1. The quantitative estimate of drug-likeness (QED) is 0.435. The van der Waals surface area contributed by atoms with E-state index in [1.165, 1.54) is 0 Å². The van der Waals surface area contributed by atoms with Gasteiger partial charge in [0.2, 0.25) is 5.91 Å². The summed E-state index contributed by atoms with van der Waals surface area (Å²) in [6, 6.07) is 11.8. The normalized spacial score (nSPS) is 14.7. The summed E-state index contributed by atoms with van der Waals surface area (Å²) < 4.78 is 11.3. The minimum atomic E-state index is -1.08. The van der Waals surface area contributed by atoms with Crippen LogP contribution < -0.4 is 10.7 Å². The number of amides is 1. The minimum Gasteiger partial charge on any atom is -0.550 e. The number of rotatable bonds is 4. The molecule has 0 atom stereocenters. The van der Waals surface area contributed by atoms with E-state index >= 15 is 0 Å². The monoisotopic (exact) mass is 458 g/mol. The lowest BCUT2D eigenvalue weighted by Gasteiger charge is -2.32. The van der Waals surface area contributed by atoms with Crippen molar-refractivity contribution in [2.75, 3.05) is 13.1 Å². The Bertz CT molecular complexity index is 1470. The van der Waals surface area contributed by atoms with E-state index in [0.29, 0.717) is 48.2 Å². The van der Waals surface area contributed by atoms with Gasteiger partial charge in [0.15, 0.2) is 0 Å². The van der Waals surface area contributed by atoms with Gasteiger partial charge in [0, 0.05) is 47.4 Å².